The molecule has 110 valence electrons. The Labute approximate surface area is 119 Å². The van der Waals surface area contributed by atoms with Crippen LogP contribution in [0, 0.1) is 34.5 Å². The summed E-state index contributed by atoms with van der Waals surface area (Å²) < 4.78 is 29.1. The molecule has 4 aliphatic carbocycles. The summed E-state index contributed by atoms with van der Waals surface area (Å²) in [5.41, 5.74) is -0.958. The number of hydrogen-bond acceptors (Lipinski definition) is 4. The number of sulfone groups is 1. The van der Waals surface area contributed by atoms with Crippen LogP contribution >= 0.6 is 0 Å². The molecule has 5 fully saturated rings. The van der Waals surface area contributed by atoms with Gasteiger partial charge in [0.25, 0.3) is 0 Å². The SMILES string of the molecule is Cn1c(=O)n2n(c1=O)C1C3C4C5C3C13CS(=O)(=O)CC53C42. The Bertz CT molecular complexity index is 957. The van der Waals surface area contributed by atoms with Crippen LogP contribution in [0.4, 0.5) is 0 Å². The van der Waals surface area contributed by atoms with E-state index in [1.165, 1.54) is 11.6 Å². The van der Waals surface area contributed by atoms with Crippen LogP contribution in [0.5, 0.6) is 0 Å². The predicted octanol–water partition coefficient (Wildman–Crippen LogP) is -1.64. The molecule has 8 heteroatoms. The first-order chi connectivity index (χ1) is 9.88. The van der Waals surface area contributed by atoms with Gasteiger partial charge in [0.05, 0.1) is 23.6 Å². The molecule has 2 bridgehead atoms. The molecule has 0 N–H and O–H groups in total. The lowest BCUT2D eigenvalue weighted by Crippen LogP contribution is -3.00. The molecule has 8 unspecified atom stereocenters. The van der Waals surface area contributed by atoms with E-state index in [2.05, 4.69) is 0 Å². The van der Waals surface area contributed by atoms with Crippen molar-refractivity contribution in [2.75, 3.05) is 11.5 Å². The van der Waals surface area contributed by atoms with Gasteiger partial charge in [0.15, 0.2) is 9.84 Å². The summed E-state index contributed by atoms with van der Waals surface area (Å²) in [6.07, 6.45) is 0. The second kappa shape index (κ2) is 2.19. The first-order valence-electron chi connectivity index (χ1n) is 7.49. The van der Waals surface area contributed by atoms with Crippen molar-refractivity contribution in [3.63, 3.8) is 0 Å². The van der Waals surface area contributed by atoms with E-state index < -0.39 is 9.84 Å². The van der Waals surface area contributed by atoms with Crippen molar-refractivity contribution < 1.29 is 8.42 Å². The van der Waals surface area contributed by atoms with Crippen LogP contribution in [0.25, 0.3) is 0 Å². The maximum Gasteiger partial charge on any atom is 0.347 e. The molecular weight excluding hydrogens is 294 g/mol. The lowest BCUT2D eigenvalue weighted by molar-refractivity contribution is -0.533. The average molecular weight is 307 g/mol. The van der Waals surface area contributed by atoms with Gasteiger partial charge in [-0.15, -0.1) is 0 Å². The fourth-order valence-electron chi connectivity index (χ4n) is 8.13. The molecule has 2 spiro atoms. The van der Waals surface area contributed by atoms with Crippen molar-refractivity contribution in [1.29, 1.82) is 0 Å². The van der Waals surface area contributed by atoms with Gasteiger partial charge in [-0.3, -0.25) is 0 Å². The summed E-state index contributed by atoms with van der Waals surface area (Å²) in [5, 5.41) is 0. The molecule has 1 saturated heterocycles. The molecule has 7 aliphatic rings. The lowest BCUT2D eigenvalue weighted by atomic mass is 9.06. The van der Waals surface area contributed by atoms with E-state index in [-0.39, 0.29) is 45.8 Å². The molecule has 8 atom stereocenters. The van der Waals surface area contributed by atoms with Gasteiger partial charge in [0.1, 0.15) is 0 Å². The van der Waals surface area contributed by atoms with Gasteiger partial charge in [-0.2, -0.15) is 0 Å². The first-order valence-corrected chi connectivity index (χ1v) is 9.31. The van der Waals surface area contributed by atoms with Crippen LogP contribution in [0.15, 0.2) is 9.59 Å². The zero-order chi connectivity index (χ0) is 14.3. The topological polar surface area (TPSA) is 83.1 Å². The zero-order valence-electron chi connectivity index (χ0n) is 11.3. The van der Waals surface area contributed by atoms with Crippen LogP contribution in [0.2, 0.25) is 0 Å². The third kappa shape index (κ3) is 0.569. The molecule has 21 heavy (non-hydrogen) atoms. The van der Waals surface area contributed by atoms with Crippen LogP contribution in [0.3, 0.4) is 0 Å². The fourth-order valence-corrected chi connectivity index (χ4v) is 10.9. The quantitative estimate of drug-likeness (QED) is 0.576. The number of hydrogen-bond donors (Lipinski definition) is 0. The third-order valence-corrected chi connectivity index (χ3v) is 9.98. The first kappa shape index (κ1) is 10.4. The molecule has 4 saturated carbocycles. The van der Waals surface area contributed by atoms with Crippen LogP contribution < -0.4 is 11.4 Å². The summed E-state index contributed by atoms with van der Waals surface area (Å²) in [4.78, 5) is 24.8. The molecule has 7 nitrogen and oxygen atoms in total. The fraction of sp³-hybridized carbons (Fsp3) is 0.846. The maximum absolute atomic E-state index is 12.4. The Morgan fingerprint density at radius 2 is 1.38 bits per heavy atom. The van der Waals surface area contributed by atoms with Crippen LogP contribution in [0.1, 0.15) is 12.1 Å². The molecule has 8 rings (SSSR count). The predicted molar refractivity (Wildman–Crippen MR) is 69.5 cm³/mol. The third-order valence-electron chi connectivity index (χ3n) is 8.14. The zero-order valence-corrected chi connectivity index (χ0v) is 12.1. The van der Waals surface area contributed by atoms with E-state index in [1.54, 1.807) is 9.36 Å². The number of nitrogens with zero attached hydrogens (tertiary/aromatic N) is 3. The van der Waals surface area contributed by atoms with Gasteiger partial charge in [0, 0.05) is 17.9 Å². The summed E-state index contributed by atoms with van der Waals surface area (Å²) in [7, 11) is -1.52. The molecule has 4 heterocycles. The summed E-state index contributed by atoms with van der Waals surface area (Å²) in [6.45, 7) is 0. The van der Waals surface area contributed by atoms with E-state index in [4.69, 9.17) is 0 Å². The van der Waals surface area contributed by atoms with E-state index in [0.29, 0.717) is 23.7 Å². The molecule has 1 aromatic rings. The van der Waals surface area contributed by atoms with Crippen molar-refractivity contribution in [3.05, 3.63) is 21.0 Å². The second-order valence-corrected chi connectivity index (χ2v) is 10.1. The maximum atomic E-state index is 12.4. The highest BCUT2D eigenvalue weighted by Gasteiger charge is 3.05. The van der Waals surface area contributed by atoms with E-state index >= 15 is 0 Å². The van der Waals surface area contributed by atoms with Crippen molar-refractivity contribution in [1.82, 2.24) is 13.9 Å². The van der Waals surface area contributed by atoms with Crippen molar-refractivity contribution in [2.24, 2.45) is 41.5 Å². The van der Waals surface area contributed by atoms with Gasteiger partial charge in [-0.1, -0.05) is 0 Å². The summed E-state index contributed by atoms with van der Waals surface area (Å²) in [5.74, 6) is 2.40. The standard InChI is InChI=1S/C13H13N3O4S/c1-14-10(17)15-8-4-5-7-6(4)12(8)2-21(19,20)3-13(7,12)9(5)16(15)11(14)18/h4-9H,2-3H2,1H3. The van der Waals surface area contributed by atoms with E-state index in [0.717, 1.165) is 0 Å². The minimum absolute atomic E-state index is 0.0406. The van der Waals surface area contributed by atoms with E-state index in [1.807, 2.05) is 0 Å². The van der Waals surface area contributed by atoms with Crippen LogP contribution in [-0.4, -0.2) is 33.9 Å². The minimum atomic E-state index is -3.04. The van der Waals surface area contributed by atoms with Crippen molar-refractivity contribution in [3.8, 4) is 0 Å². The van der Waals surface area contributed by atoms with Crippen molar-refractivity contribution >= 4 is 9.84 Å². The molecule has 3 aliphatic heterocycles. The normalized spacial score (nSPS) is 60.8. The Hall–Kier alpha value is -1.31. The van der Waals surface area contributed by atoms with E-state index in [9.17, 15) is 18.0 Å². The smallest absolute Gasteiger partial charge is 0.246 e. The van der Waals surface area contributed by atoms with Crippen molar-refractivity contribution in [2.45, 2.75) is 12.1 Å². The highest BCUT2D eigenvalue weighted by atomic mass is 32.2. The number of rotatable bonds is 0. The van der Waals surface area contributed by atoms with Gasteiger partial charge < -0.3 is 0 Å². The highest BCUT2D eigenvalue weighted by Crippen LogP contribution is 3.03. The molecule has 0 radical (unpaired) electrons. The average Bonchev–Trinajstić information content (AvgIpc) is 2.76. The monoisotopic (exact) mass is 307 g/mol. The van der Waals surface area contributed by atoms with Gasteiger partial charge in [0.2, 0.25) is 0 Å². The van der Waals surface area contributed by atoms with Crippen LogP contribution in [-0.2, 0) is 16.9 Å². The minimum Gasteiger partial charge on any atom is -0.246 e. The molecule has 0 aromatic carbocycles. The largest absolute Gasteiger partial charge is 0.347 e. The molecule has 0 amide bonds. The Morgan fingerprint density at radius 1 is 0.952 bits per heavy atom. The Kier molecular flexibility index (Phi) is 1.09. The molecule has 1 aromatic heterocycles. The van der Waals surface area contributed by atoms with Gasteiger partial charge in [-0.25, -0.2) is 31.9 Å². The highest BCUT2D eigenvalue weighted by molar-refractivity contribution is 7.91. The Balaban J connectivity index is 1.66. The summed E-state index contributed by atoms with van der Waals surface area (Å²) >= 11 is 0. The second-order valence-electron chi connectivity index (χ2n) is 8.02. The van der Waals surface area contributed by atoms with Gasteiger partial charge >= 0.3 is 11.4 Å². The number of aromatic nitrogens is 3. The lowest BCUT2D eigenvalue weighted by Gasteiger charge is -2.99. The Morgan fingerprint density at radius 3 is 1.81 bits per heavy atom. The summed E-state index contributed by atoms with van der Waals surface area (Å²) in [6, 6.07) is -0.0812. The molecular formula is C13H13N3O4S. The van der Waals surface area contributed by atoms with Gasteiger partial charge in [-0.05, 0) is 23.7 Å².